The number of rotatable bonds is 11. The lowest BCUT2D eigenvalue weighted by atomic mass is 9.88. The van der Waals surface area contributed by atoms with Crippen molar-refractivity contribution in [3.63, 3.8) is 0 Å². The van der Waals surface area contributed by atoms with Gasteiger partial charge in [-0.2, -0.15) is 0 Å². The van der Waals surface area contributed by atoms with E-state index in [9.17, 15) is 9.59 Å². The molecular weight excluding hydrogens is 472 g/mol. The van der Waals surface area contributed by atoms with Crippen LogP contribution in [0.2, 0.25) is 5.02 Å². The second-order valence-corrected chi connectivity index (χ2v) is 9.79. The number of nitrogens with one attached hydrogen (secondary N) is 2. The molecule has 3 amide bonds. The van der Waals surface area contributed by atoms with Gasteiger partial charge in [0.1, 0.15) is 6.61 Å². The topological polar surface area (TPSA) is 115 Å². The molecule has 0 saturated carbocycles. The summed E-state index contributed by atoms with van der Waals surface area (Å²) in [5.41, 5.74) is 5.99. The van der Waals surface area contributed by atoms with Gasteiger partial charge in [-0.15, -0.1) is 0 Å². The molecule has 0 aromatic heterocycles. The summed E-state index contributed by atoms with van der Waals surface area (Å²) in [6, 6.07) is 7.70. The molecule has 4 atom stereocenters. The minimum Gasteiger partial charge on any atom is -0.447 e. The van der Waals surface area contributed by atoms with Gasteiger partial charge in [0, 0.05) is 49.8 Å². The number of primary amides is 1. The predicted molar refractivity (Wildman–Crippen MR) is 134 cm³/mol. The number of likely N-dealkylation sites (tertiary alicyclic amines) is 1. The van der Waals surface area contributed by atoms with Gasteiger partial charge in [0.2, 0.25) is 0 Å². The number of amides is 3. The van der Waals surface area contributed by atoms with Crippen LogP contribution < -0.4 is 16.4 Å². The lowest BCUT2D eigenvalue weighted by Crippen LogP contribution is -2.50. The molecule has 0 spiro atoms. The normalized spacial score (nSPS) is 22.3. The monoisotopic (exact) mass is 510 g/mol. The fourth-order valence-electron chi connectivity index (χ4n) is 4.97. The SMILES string of the molecule is CN[C@@H](CNC(=O)N1CCC[C@@H](C(OCCOC(N)=O)c2cccc(Cl)c2)C1)C[C@H]1CCCOC1. The largest absolute Gasteiger partial charge is 0.447 e. The molecule has 0 bridgehead atoms. The molecule has 1 aromatic carbocycles. The third-order valence-corrected chi connectivity index (χ3v) is 6.99. The number of carbonyl (C=O) groups excluding carboxylic acids is 2. The Balaban J connectivity index is 1.56. The molecule has 1 aromatic rings. The van der Waals surface area contributed by atoms with E-state index in [0.29, 0.717) is 30.6 Å². The highest BCUT2D eigenvalue weighted by molar-refractivity contribution is 6.30. The summed E-state index contributed by atoms with van der Waals surface area (Å²) in [5, 5.41) is 7.07. The van der Waals surface area contributed by atoms with Crippen LogP contribution in [0.25, 0.3) is 0 Å². The maximum absolute atomic E-state index is 13.0. The van der Waals surface area contributed by atoms with Crippen molar-refractivity contribution in [1.29, 1.82) is 0 Å². The smallest absolute Gasteiger partial charge is 0.404 e. The number of likely N-dealkylation sites (N-methyl/N-ethyl adjacent to an activating group) is 1. The molecule has 2 heterocycles. The number of ether oxygens (including phenoxy) is 3. The van der Waals surface area contributed by atoms with Crippen molar-refractivity contribution in [1.82, 2.24) is 15.5 Å². The Hall–Kier alpha value is -2.07. The van der Waals surface area contributed by atoms with Crippen LogP contribution in [0.5, 0.6) is 0 Å². The summed E-state index contributed by atoms with van der Waals surface area (Å²) in [5.74, 6) is 0.618. The van der Waals surface area contributed by atoms with Gasteiger partial charge in [0.25, 0.3) is 0 Å². The van der Waals surface area contributed by atoms with Gasteiger partial charge in [-0.05, 0) is 62.8 Å². The van der Waals surface area contributed by atoms with Crippen molar-refractivity contribution in [3.8, 4) is 0 Å². The van der Waals surface area contributed by atoms with E-state index in [1.807, 2.05) is 36.2 Å². The minimum atomic E-state index is -0.829. The first kappa shape index (κ1) is 27.5. The highest BCUT2D eigenvalue weighted by atomic mass is 35.5. The van der Waals surface area contributed by atoms with Crippen LogP contribution in [-0.2, 0) is 14.2 Å². The highest BCUT2D eigenvalue weighted by Gasteiger charge is 2.31. The van der Waals surface area contributed by atoms with E-state index in [1.54, 1.807) is 0 Å². The second-order valence-electron chi connectivity index (χ2n) is 9.35. The molecule has 0 aliphatic carbocycles. The molecule has 2 aliphatic rings. The Morgan fingerprint density at radius 1 is 1.29 bits per heavy atom. The fourth-order valence-corrected chi connectivity index (χ4v) is 5.17. The van der Waals surface area contributed by atoms with Gasteiger partial charge >= 0.3 is 12.1 Å². The zero-order valence-corrected chi connectivity index (χ0v) is 21.3. The molecule has 1 unspecified atom stereocenters. The Bertz CT molecular complexity index is 808. The Kier molecular flexibility index (Phi) is 11.4. The van der Waals surface area contributed by atoms with Gasteiger partial charge in [-0.25, -0.2) is 9.59 Å². The van der Waals surface area contributed by atoms with Crippen LogP contribution in [0.1, 0.15) is 43.8 Å². The Morgan fingerprint density at radius 2 is 2.14 bits per heavy atom. The number of halogens is 1. The summed E-state index contributed by atoms with van der Waals surface area (Å²) in [6.45, 7) is 3.78. The van der Waals surface area contributed by atoms with Crippen molar-refractivity contribution in [2.75, 3.05) is 53.1 Å². The number of urea groups is 1. The number of nitrogens with zero attached hydrogens (tertiary/aromatic N) is 1. The van der Waals surface area contributed by atoms with E-state index in [2.05, 4.69) is 10.6 Å². The van der Waals surface area contributed by atoms with Crippen molar-refractivity contribution < 1.29 is 23.8 Å². The first-order valence-corrected chi connectivity index (χ1v) is 12.9. The molecule has 2 saturated heterocycles. The number of hydrogen-bond acceptors (Lipinski definition) is 6. The van der Waals surface area contributed by atoms with E-state index in [1.165, 1.54) is 6.42 Å². The number of hydrogen-bond donors (Lipinski definition) is 3. The van der Waals surface area contributed by atoms with E-state index < -0.39 is 6.09 Å². The van der Waals surface area contributed by atoms with Crippen LogP contribution in [-0.4, -0.2) is 76.2 Å². The van der Waals surface area contributed by atoms with E-state index >= 15 is 0 Å². The van der Waals surface area contributed by atoms with Gasteiger partial charge in [0.05, 0.1) is 12.7 Å². The molecule has 196 valence electrons. The summed E-state index contributed by atoms with van der Waals surface area (Å²) in [4.78, 5) is 25.8. The van der Waals surface area contributed by atoms with E-state index in [-0.39, 0.29) is 37.3 Å². The van der Waals surface area contributed by atoms with Gasteiger partial charge in [-0.1, -0.05) is 23.7 Å². The zero-order chi connectivity index (χ0) is 25.0. The summed E-state index contributed by atoms with van der Waals surface area (Å²) in [6.07, 6.45) is 3.95. The minimum absolute atomic E-state index is 0.0586. The maximum Gasteiger partial charge on any atom is 0.404 e. The van der Waals surface area contributed by atoms with Crippen molar-refractivity contribution >= 4 is 23.7 Å². The zero-order valence-electron chi connectivity index (χ0n) is 20.5. The van der Waals surface area contributed by atoms with E-state index in [4.69, 9.17) is 31.5 Å². The molecular formula is C25H39ClN4O5. The van der Waals surface area contributed by atoms with Crippen LogP contribution in [0.4, 0.5) is 9.59 Å². The molecule has 3 rings (SSSR count). The second kappa shape index (κ2) is 14.5. The predicted octanol–water partition coefficient (Wildman–Crippen LogP) is 3.32. The molecule has 2 fully saturated rings. The summed E-state index contributed by atoms with van der Waals surface area (Å²) in [7, 11) is 1.94. The molecule has 35 heavy (non-hydrogen) atoms. The van der Waals surface area contributed by atoms with Crippen molar-refractivity contribution in [2.45, 2.75) is 44.2 Å². The van der Waals surface area contributed by atoms with Gasteiger partial charge in [0.15, 0.2) is 0 Å². The molecule has 4 N–H and O–H groups in total. The lowest BCUT2D eigenvalue weighted by Gasteiger charge is -2.37. The van der Waals surface area contributed by atoms with Gasteiger partial charge in [-0.3, -0.25) is 0 Å². The summed E-state index contributed by atoms with van der Waals surface area (Å²) < 4.78 is 16.5. The summed E-state index contributed by atoms with van der Waals surface area (Å²) >= 11 is 6.23. The van der Waals surface area contributed by atoms with Crippen molar-refractivity contribution in [2.24, 2.45) is 17.6 Å². The van der Waals surface area contributed by atoms with Crippen LogP contribution in [0.15, 0.2) is 24.3 Å². The number of nitrogens with two attached hydrogens (primary N) is 1. The third kappa shape index (κ3) is 9.14. The number of piperidine rings is 1. The first-order chi connectivity index (χ1) is 17.0. The molecule has 2 aliphatic heterocycles. The average Bonchev–Trinajstić information content (AvgIpc) is 2.87. The molecule has 0 radical (unpaired) electrons. The Morgan fingerprint density at radius 3 is 2.86 bits per heavy atom. The van der Waals surface area contributed by atoms with Crippen LogP contribution >= 0.6 is 11.6 Å². The quantitative estimate of drug-likeness (QED) is 0.393. The number of carbonyl (C=O) groups is 2. The van der Waals surface area contributed by atoms with Crippen molar-refractivity contribution in [3.05, 3.63) is 34.9 Å². The molecule has 10 heteroatoms. The maximum atomic E-state index is 13.0. The highest BCUT2D eigenvalue weighted by Crippen LogP contribution is 2.34. The van der Waals surface area contributed by atoms with Gasteiger partial charge < -0.3 is 35.5 Å². The third-order valence-electron chi connectivity index (χ3n) is 6.76. The first-order valence-electron chi connectivity index (χ1n) is 12.5. The average molecular weight is 511 g/mol. The van der Waals surface area contributed by atoms with Crippen LogP contribution in [0.3, 0.4) is 0 Å². The molecule has 9 nitrogen and oxygen atoms in total. The lowest BCUT2D eigenvalue weighted by molar-refractivity contribution is -0.0256. The number of benzene rings is 1. The fraction of sp³-hybridized carbons (Fsp3) is 0.680. The Labute approximate surface area is 213 Å². The van der Waals surface area contributed by atoms with E-state index in [0.717, 1.165) is 44.5 Å². The van der Waals surface area contributed by atoms with Crippen LogP contribution in [0, 0.1) is 11.8 Å². The standard InChI is InChI=1S/C25H39ClN4O5/c1-28-22(13-18-5-4-10-33-17-18)15-29-25(32)30-9-3-7-20(16-30)23(34-11-12-35-24(27)31)19-6-2-8-21(26)14-19/h2,6,8,14,18,20,22-23,28H,3-5,7,9-13,15-17H2,1H3,(H2,27,31)(H,29,32)/t18-,20-,22-,23?/m1/s1.